The zero-order valence-corrected chi connectivity index (χ0v) is 13.9. The van der Waals surface area contributed by atoms with Gasteiger partial charge in [0.15, 0.2) is 0 Å². The zero-order chi connectivity index (χ0) is 15.2. The van der Waals surface area contributed by atoms with E-state index in [2.05, 4.69) is 0 Å². The van der Waals surface area contributed by atoms with Crippen LogP contribution in [0.3, 0.4) is 0 Å². The van der Waals surface area contributed by atoms with Crippen molar-refractivity contribution in [3.05, 3.63) is 35.4 Å². The average Bonchev–Trinajstić information content (AvgIpc) is 3.21. The fraction of sp³-hybridized carbons (Fsp3) is 0.611. The zero-order valence-electron chi connectivity index (χ0n) is 13.1. The number of carbonyl (C=O) groups is 1. The van der Waals surface area contributed by atoms with Crippen LogP contribution in [0.2, 0.25) is 0 Å². The van der Waals surface area contributed by atoms with E-state index < -0.39 is 0 Å². The second kappa shape index (κ2) is 5.57. The second-order valence-electron chi connectivity index (χ2n) is 7.13. The van der Waals surface area contributed by atoms with Crippen LogP contribution in [-0.2, 0) is 4.74 Å². The van der Waals surface area contributed by atoms with Gasteiger partial charge in [-0.25, -0.2) is 0 Å². The summed E-state index contributed by atoms with van der Waals surface area (Å²) < 4.78 is 6.30. The van der Waals surface area contributed by atoms with Crippen LogP contribution in [0, 0.1) is 12.8 Å². The third kappa shape index (κ3) is 2.91. The molecule has 0 radical (unpaired) electrons. The third-order valence-corrected chi connectivity index (χ3v) is 6.53. The Hall–Kier alpha value is -1.00. The van der Waals surface area contributed by atoms with Crippen LogP contribution < -0.4 is 0 Å². The number of aryl methyl sites for hydroxylation is 1. The van der Waals surface area contributed by atoms with Crippen LogP contribution in [0.25, 0.3) is 0 Å². The third-order valence-electron chi connectivity index (χ3n) is 4.95. The summed E-state index contributed by atoms with van der Waals surface area (Å²) >= 11 is 2.01. The van der Waals surface area contributed by atoms with Gasteiger partial charge in [0.05, 0.1) is 10.9 Å². The van der Waals surface area contributed by atoms with Crippen molar-refractivity contribution >= 4 is 17.7 Å². The summed E-state index contributed by atoms with van der Waals surface area (Å²) in [6.45, 7) is 4.75. The highest BCUT2D eigenvalue weighted by atomic mass is 32.2. The summed E-state index contributed by atoms with van der Waals surface area (Å²) in [5.74, 6) is 2.11. The molecular weight excluding hydrogens is 294 g/mol. The van der Waals surface area contributed by atoms with Crippen molar-refractivity contribution in [2.24, 2.45) is 5.92 Å². The Morgan fingerprint density at radius 1 is 1.41 bits per heavy atom. The number of ether oxygens (including phenoxy) is 1. The van der Waals surface area contributed by atoms with Crippen molar-refractivity contribution in [2.75, 3.05) is 25.4 Å². The van der Waals surface area contributed by atoms with E-state index in [1.54, 1.807) is 0 Å². The molecule has 0 unspecified atom stereocenters. The Bertz CT molecular complexity index is 578. The van der Waals surface area contributed by atoms with Gasteiger partial charge in [-0.2, -0.15) is 0 Å². The molecule has 1 atom stereocenters. The number of amides is 1. The molecule has 1 amide bonds. The predicted octanol–water partition coefficient (Wildman–Crippen LogP) is 3.12. The summed E-state index contributed by atoms with van der Waals surface area (Å²) in [5.41, 5.74) is 1.96. The largest absolute Gasteiger partial charge is 0.377 e. The van der Waals surface area contributed by atoms with Crippen LogP contribution in [0.15, 0.2) is 24.3 Å². The van der Waals surface area contributed by atoms with E-state index in [1.165, 1.54) is 12.8 Å². The van der Waals surface area contributed by atoms with Gasteiger partial charge < -0.3 is 9.64 Å². The van der Waals surface area contributed by atoms with Crippen molar-refractivity contribution in [3.63, 3.8) is 0 Å². The Morgan fingerprint density at radius 2 is 2.23 bits per heavy atom. The molecule has 2 saturated heterocycles. The van der Waals surface area contributed by atoms with E-state index in [0.717, 1.165) is 48.9 Å². The van der Waals surface area contributed by atoms with Gasteiger partial charge in [-0.3, -0.25) is 4.79 Å². The Labute approximate surface area is 136 Å². The number of rotatable bonds is 4. The molecule has 0 N–H and O–H groups in total. The Kier molecular flexibility index (Phi) is 3.69. The Balaban J connectivity index is 1.30. The fourth-order valence-electron chi connectivity index (χ4n) is 3.44. The second-order valence-corrected chi connectivity index (χ2v) is 8.62. The first-order chi connectivity index (χ1) is 10.6. The first kappa shape index (κ1) is 14.6. The number of thioether (sulfide) groups is 1. The highest BCUT2D eigenvalue weighted by molar-refractivity contribution is 8.01. The molecule has 1 aliphatic carbocycles. The average molecular weight is 317 g/mol. The van der Waals surface area contributed by atoms with Gasteiger partial charge >= 0.3 is 0 Å². The van der Waals surface area contributed by atoms with Gasteiger partial charge in [0.25, 0.3) is 5.91 Å². The predicted molar refractivity (Wildman–Crippen MR) is 89.4 cm³/mol. The SMILES string of the molecule is Cc1cccc(C(=O)N2CC3(C[C@@H](OCC4CC4)CS3)C2)c1. The molecule has 0 aromatic heterocycles. The van der Waals surface area contributed by atoms with E-state index in [4.69, 9.17) is 4.74 Å². The van der Waals surface area contributed by atoms with Crippen LogP contribution in [0.5, 0.6) is 0 Å². The molecule has 1 spiro atoms. The number of hydrogen-bond donors (Lipinski definition) is 0. The Morgan fingerprint density at radius 3 is 2.95 bits per heavy atom. The molecule has 3 nitrogen and oxygen atoms in total. The van der Waals surface area contributed by atoms with E-state index in [0.29, 0.717) is 6.10 Å². The van der Waals surface area contributed by atoms with Gasteiger partial charge in [-0.1, -0.05) is 17.7 Å². The van der Waals surface area contributed by atoms with Crippen molar-refractivity contribution in [2.45, 2.75) is 37.0 Å². The van der Waals surface area contributed by atoms with Crippen LogP contribution >= 0.6 is 11.8 Å². The smallest absolute Gasteiger partial charge is 0.253 e. The normalized spacial score (nSPS) is 26.2. The van der Waals surface area contributed by atoms with Crippen molar-refractivity contribution in [3.8, 4) is 0 Å². The molecular formula is C18H23NO2S. The first-order valence-electron chi connectivity index (χ1n) is 8.25. The lowest BCUT2D eigenvalue weighted by Crippen LogP contribution is -2.60. The summed E-state index contributed by atoms with van der Waals surface area (Å²) in [6, 6.07) is 7.90. The van der Waals surface area contributed by atoms with Gasteiger partial charge in [-0.05, 0) is 44.2 Å². The van der Waals surface area contributed by atoms with E-state index in [-0.39, 0.29) is 10.7 Å². The number of carbonyl (C=O) groups excluding carboxylic acids is 1. The van der Waals surface area contributed by atoms with Crippen LogP contribution in [0.4, 0.5) is 0 Å². The molecule has 2 heterocycles. The molecule has 2 aliphatic heterocycles. The number of benzene rings is 1. The van der Waals surface area contributed by atoms with E-state index >= 15 is 0 Å². The molecule has 0 bridgehead atoms. The maximum Gasteiger partial charge on any atom is 0.253 e. The van der Waals surface area contributed by atoms with Crippen molar-refractivity contribution < 1.29 is 9.53 Å². The minimum absolute atomic E-state index is 0.178. The molecule has 4 rings (SSSR count). The molecule has 1 saturated carbocycles. The summed E-state index contributed by atoms with van der Waals surface area (Å²) in [7, 11) is 0. The lowest BCUT2D eigenvalue weighted by Gasteiger charge is -2.47. The molecule has 4 heteroatoms. The molecule has 3 aliphatic rings. The first-order valence-corrected chi connectivity index (χ1v) is 9.24. The maximum atomic E-state index is 12.5. The molecule has 22 heavy (non-hydrogen) atoms. The lowest BCUT2D eigenvalue weighted by molar-refractivity contribution is 0.0287. The summed E-state index contributed by atoms with van der Waals surface area (Å²) in [4.78, 5) is 14.5. The minimum Gasteiger partial charge on any atom is -0.377 e. The van der Waals surface area contributed by atoms with E-state index in [1.807, 2.05) is 47.9 Å². The number of hydrogen-bond acceptors (Lipinski definition) is 3. The molecule has 118 valence electrons. The quantitative estimate of drug-likeness (QED) is 0.854. The van der Waals surface area contributed by atoms with E-state index in [9.17, 15) is 4.79 Å². The minimum atomic E-state index is 0.178. The van der Waals surface area contributed by atoms with Gasteiger partial charge in [0.1, 0.15) is 0 Å². The highest BCUT2D eigenvalue weighted by Gasteiger charge is 2.51. The standard InChI is InChI=1S/C18H23NO2S/c1-13-3-2-4-15(7-13)17(20)19-11-18(12-19)8-16(10-22-18)21-9-14-5-6-14/h2-4,7,14,16H,5-6,8-12H2,1H3/t16-/m1/s1. The maximum absolute atomic E-state index is 12.5. The fourth-order valence-corrected chi connectivity index (χ4v) is 4.99. The monoisotopic (exact) mass is 317 g/mol. The van der Waals surface area contributed by atoms with Gasteiger partial charge in [0, 0.05) is 31.0 Å². The van der Waals surface area contributed by atoms with Gasteiger partial charge in [0.2, 0.25) is 0 Å². The molecule has 1 aromatic carbocycles. The van der Waals surface area contributed by atoms with Gasteiger partial charge in [-0.15, -0.1) is 11.8 Å². The van der Waals surface area contributed by atoms with Crippen molar-refractivity contribution in [1.29, 1.82) is 0 Å². The lowest BCUT2D eigenvalue weighted by atomic mass is 9.92. The van der Waals surface area contributed by atoms with Crippen LogP contribution in [0.1, 0.15) is 35.2 Å². The van der Waals surface area contributed by atoms with Crippen LogP contribution in [-0.4, -0.2) is 47.1 Å². The van der Waals surface area contributed by atoms with Crippen molar-refractivity contribution in [1.82, 2.24) is 4.90 Å². The summed E-state index contributed by atoms with van der Waals surface area (Å²) in [5, 5.41) is 0. The molecule has 3 fully saturated rings. The molecule has 1 aromatic rings. The highest BCUT2D eigenvalue weighted by Crippen LogP contribution is 2.46. The number of likely N-dealkylation sites (tertiary alicyclic amines) is 1. The number of nitrogens with zero attached hydrogens (tertiary/aromatic N) is 1. The topological polar surface area (TPSA) is 29.5 Å². The summed E-state index contributed by atoms with van der Waals surface area (Å²) in [6.07, 6.45) is 4.22.